The molecule has 0 heterocycles. The van der Waals surface area contributed by atoms with Gasteiger partial charge < -0.3 is 10.5 Å². The Kier molecular flexibility index (Phi) is 6.53. The Morgan fingerprint density at radius 3 is 2.62 bits per heavy atom. The van der Waals surface area contributed by atoms with Crippen molar-refractivity contribution in [3.8, 4) is 0 Å². The third-order valence-corrected chi connectivity index (χ3v) is 4.35. The van der Waals surface area contributed by atoms with Gasteiger partial charge in [-0.3, -0.25) is 10.1 Å². The number of nitro benzene ring substituents is 1. The Bertz CT molecular complexity index is 589. The molecule has 0 saturated heterocycles. The summed E-state index contributed by atoms with van der Waals surface area (Å²) in [5.41, 5.74) is 5.19. The predicted octanol–water partition coefficient (Wildman–Crippen LogP) is 1.27. The van der Waals surface area contributed by atoms with Crippen molar-refractivity contribution in [3.63, 3.8) is 0 Å². The highest BCUT2D eigenvalue weighted by Crippen LogP contribution is 2.23. The maximum atomic E-state index is 12.0. The zero-order valence-corrected chi connectivity index (χ0v) is 12.6. The van der Waals surface area contributed by atoms with Crippen LogP contribution in [0.2, 0.25) is 0 Å². The molecule has 9 heteroatoms. The van der Waals surface area contributed by atoms with Crippen LogP contribution in [0, 0.1) is 10.1 Å². The first-order valence-corrected chi connectivity index (χ1v) is 7.89. The summed E-state index contributed by atoms with van der Waals surface area (Å²) in [5, 5.41) is 10.6. The van der Waals surface area contributed by atoms with E-state index >= 15 is 0 Å². The highest BCUT2D eigenvalue weighted by atomic mass is 32.2. The first-order chi connectivity index (χ1) is 9.88. The van der Waals surface area contributed by atoms with Gasteiger partial charge in [-0.05, 0) is 25.3 Å². The normalized spacial score (nSPS) is 11.5. The van der Waals surface area contributed by atoms with Crippen LogP contribution in [0.1, 0.15) is 19.3 Å². The number of rotatable bonds is 9. The SMILES string of the molecule is COCCCCCNS(=O)(=O)c1ccc([N+](=O)[O-])cc1N. The lowest BCUT2D eigenvalue weighted by Crippen LogP contribution is -2.25. The number of nitrogens with one attached hydrogen (secondary N) is 1. The van der Waals surface area contributed by atoms with Crippen molar-refractivity contribution in [2.24, 2.45) is 0 Å². The molecule has 0 bridgehead atoms. The van der Waals surface area contributed by atoms with E-state index in [1.807, 2.05) is 0 Å². The summed E-state index contributed by atoms with van der Waals surface area (Å²) in [6.07, 6.45) is 2.37. The van der Waals surface area contributed by atoms with Gasteiger partial charge in [0.1, 0.15) is 4.90 Å². The van der Waals surface area contributed by atoms with E-state index < -0.39 is 14.9 Å². The van der Waals surface area contributed by atoms with Crippen molar-refractivity contribution in [2.75, 3.05) is 26.0 Å². The molecule has 0 atom stereocenters. The molecule has 118 valence electrons. The van der Waals surface area contributed by atoms with Gasteiger partial charge in [-0.1, -0.05) is 0 Å². The number of nitrogens with zero attached hydrogens (tertiary/aromatic N) is 1. The molecule has 1 aromatic rings. The second-order valence-electron chi connectivity index (χ2n) is 4.43. The van der Waals surface area contributed by atoms with Crippen LogP contribution in [0.15, 0.2) is 23.1 Å². The first-order valence-electron chi connectivity index (χ1n) is 6.41. The van der Waals surface area contributed by atoms with E-state index in [4.69, 9.17) is 10.5 Å². The Morgan fingerprint density at radius 1 is 1.33 bits per heavy atom. The van der Waals surface area contributed by atoms with Gasteiger partial charge in [-0.15, -0.1) is 0 Å². The van der Waals surface area contributed by atoms with Crippen LogP contribution < -0.4 is 10.5 Å². The zero-order chi connectivity index (χ0) is 15.9. The largest absolute Gasteiger partial charge is 0.397 e. The molecule has 0 aliphatic heterocycles. The van der Waals surface area contributed by atoms with E-state index in [0.717, 1.165) is 31.0 Å². The van der Waals surface area contributed by atoms with Gasteiger partial charge in [-0.25, -0.2) is 13.1 Å². The number of nitrogen functional groups attached to an aromatic ring is 1. The van der Waals surface area contributed by atoms with E-state index in [9.17, 15) is 18.5 Å². The molecule has 0 amide bonds. The number of sulfonamides is 1. The van der Waals surface area contributed by atoms with Gasteiger partial charge in [0, 0.05) is 32.4 Å². The summed E-state index contributed by atoms with van der Waals surface area (Å²) >= 11 is 0. The second kappa shape index (κ2) is 7.91. The average molecular weight is 317 g/mol. The lowest BCUT2D eigenvalue weighted by molar-refractivity contribution is -0.384. The number of unbranched alkanes of at least 4 members (excludes halogenated alkanes) is 2. The number of nitrogens with two attached hydrogens (primary N) is 1. The van der Waals surface area contributed by atoms with Gasteiger partial charge in [-0.2, -0.15) is 0 Å². The quantitative estimate of drug-likeness (QED) is 0.306. The number of methoxy groups -OCH3 is 1. The summed E-state index contributed by atoms with van der Waals surface area (Å²) in [4.78, 5) is 9.81. The van der Waals surface area contributed by atoms with Crippen molar-refractivity contribution >= 4 is 21.4 Å². The third-order valence-electron chi connectivity index (χ3n) is 2.81. The monoisotopic (exact) mass is 317 g/mol. The number of anilines is 1. The van der Waals surface area contributed by atoms with Crippen LogP contribution in [0.5, 0.6) is 0 Å². The van der Waals surface area contributed by atoms with Crippen LogP contribution in [-0.2, 0) is 14.8 Å². The predicted molar refractivity (Wildman–Crippen MR) is 78.4 cm³/mol. The lowest BCUT2D eigenvalue weighted by Gasteiger charge is -2.09. The Morgan fingerprint density at radius 2 is 2.05 bits per heavy atom. The zero-order valence-electron chi connectivity index (χ0n) is 11.7. The van der Waals surface area contributed by atoms with Crippen molar-refractivity contribution in [2.45, 2.75) is 24.2 Å². The Balaban J connectivity index is 2.64. The Hall–Kier alpha value is -1.71. The van der Waals surface area contributed by atoms with E-state index in [2.05, 4.69) is 4.72 Å². The van der Waals surface area contributed by atoms with Gasteiger partial charge >= 0.3 is 0 Å². The van der Waals surface area contributed by atoms with E-state index in [1.54, 1.807) is 7.11 Å². The Labute approximate surface area is 123 Å². The standard InChI is InChI=1S/C12H19N3O5S/c1-20-8-4-2-3-7-14-21(18,19)12-6-5-10(15(16)17)9-11(12)13/h5-6,9,14H,2-4,7-8,13H2,1H3. The second-order valence-corrected chi connectivity index (χ2v) is 6.17. The van der Waals surface area contributed by atoms with Crippen LogP contribution in [0.4, 0.5) is 11.4 Å². The minimum atomic E-state index is -3.76. The summed E-state index contributed by atoms with van der Waals surface area (Å²) in [6, 6.07) is 3.29. The number of non-ortho nitro benzene ring substituents is 1. The number of benzene rings is 1. The molecule has 8 nitrogen and oxygen atoms in total. The molecule has 0 radical (unpaired) electrons. The molecule has 3 N–H and O–H groups in total. The van der Waals surface area contributed by atoms with Crippen molar-refractivity contribution in [3.05, 3.63) is 28.3 Å². The lowest BCUT2D eigenvalue weighted by atomic mass is 10.2. The van der Waals surface area contributed by atoms with Crippen molar-refractivity contribution in [1.82, 2.24) is 4.72 Å². The summed E-state index contributed by atoms with van der Waals surface area (Å²) in [6.45, 7) is 0.921. The minimum absolute atomic E-state index is 0.143. The molecule has 1 rings (SSSR count). The smallest absolute Gasteiger partial charge is 0.271 e. The molecule has 0 aliphatic rings. The van der Waals surface area contributed by atoms with Crippen LogP contribution in [-0.4, -0.2) is 33.6 Å². The summed E-state index contributed by atoms with van der Waals surface area (Å²) < 4.78 is 31.4. The van der Waals surface area contributed by atoms with Crippen molar-refractivity contribution < 1.29 is 18.1 Å². The molecule has 21 heavy (non-hydrogen) atoms. The molecule has 1 aromatic carbocycles. The molecule has 0 saturated carbocycles. The molecule has 0 aliphatic carbocycles. The van der Waals surface area contributed by atoms with Gasteiger partial charge in [0.15, 0.2) is 0 Å². The van der Waals surface area contributed by atoms with Crippen LogP contribution in [0.25, 0.3) is 0 Å². The summed E-state index contributed by atoms with van der Waals surface area (Å²) in [5.74, 6) is 0. The van der Waals surface area contributed by atoms with E-state index in [1.165, 1.54) is 0 Å². The van der Waals surface area contributed by atoms with E-state index in [0.29, 0.717) is 13.0 Å². The fraction of sp³-hybridized carbons (Fsp3) is 0.500. The van der Waals surface area contributed by atoms with E-state index in [-0.39, 0.29) is 22.8 Å². The molecule has 0 spiro atoms. The number of ether oxygens (including phenoxy) is 1. The maximum absolute atomic E-state index is 12.0. The van der Waals surface area contributed by atoms with Crippen molar-refractivity contribution in [1.29, 1.82) is 0 Å². The minimum Gasteiger partial charge on any atom is -0.397 e. The number of hydrogen-bond acceptors (Lipinski definition) is 6. The maximum Gasteiger partial charge on any atom is 0.271 e. The average Bonchev–Trinajstić information content (AvgIpc) is 2.42. The molecular formula is C12H19N3O5S. The number of hydrogen-bond donors (Lipinski definition) is 2. The molecule has 0 fully saturated rings. The molecule has 0 aromatic heterocycles. The fourth-order valence-corrected chi connectivity index (χ4v) is 2.91. The first kappa shape index (κ1) is 17.3. The highest BCUT2D eigenvalue weighted by Gasteiger charge is 2.19. The fourth-order valence-electron chi connectivity index (χ4n) is 1.73. The molecule has 0 unspecified atom stereocenters. The number of nitro groups is 1. The topological polar surface area (TPSA) is 125 Å². The van der Waals surface area contributed by atoms with Crippen LogP contribution >= 0.6 is 0 Å². The summed E-state index contributed by atoms with van der Waals surface area (Å²) in [7, 11) is -2.14. The van der Waals surface area contributed by atoms with Gasteiger partial charge in [0.2, 0.25) is 10.0 Å². The van der Waals surface area contributed by atoms with Gasteiger partial charge in [0.25, 0.3) is 5.69 Å². The molecular weight excluding hydrogens is 298 g/mol. The highest BCUT2D eigenvalue weighted by molar-refractivity contribution is 7.89. The van der Waals surface area contributed by atoms with Crippen LogP contribution in [0.3, 0.4) is 0 Å². The van der Waals surface area contributed by atoms with Gasteiger partial charge in [0.05, 0.1) is 10.6 Å². The third kappa shape index (κ3) is 5.29.